The molecule has 0 spiro atoms. The maximum atomic E-state index is 9.77. The first-order valence-corrected chi connectivity index (χ1v) is 11.9. The van der Waals surface area contributed by atoms with E-state index in [1.54, 1.807) is 0 Å². The molecule has 2 aliphatic heterocycles. The minimum absolute atomic E-state index is 0.413. The van der Waals surface area contributed by atoms with Crippen LogP contribution in [0.15, 0.2) is 48.5 Å². The van der Waals surface area contributed by atoms with E-state index < -0.39 is 24.1 Å². The van der Waals surface area contributed by atoms with Crippen LogP contribution < -0.4 is 10.2 Å². The summed E-state index contributed by atoms with van der Waals surface area (Å²) in [6, 6.07) is 18.6. The third-order valence-electron chi connectivity index (χ3n) is 6.67. The highest BCUT2D eigenvalue weighted by Crippen LogP contribution is 2.37. The Hall–Kier alpha value is -2.98. The van der Waals surface area contributed by atoms with Gasteiger partial charge < -0.3 is 35.5 Å². The number of hydrogen-bond donors (Lipinski definition) is 5. The average molecular weight is 486 g/mol. The van der Waals surface area contributed by atoms with Gasteiger partial charge in [-0.3, -0.25) is 0 Å². The Morgan fingerprint density at radius 2 is 1.51 bits per heavy atom. The number of carbonyl (C=O) groups is 2. The number of nitrogens with one attached hydrogen (secondary N) is 1. The van der Waals surface area contributed by atoms with Gasteiger partial charge in [0.1, 0.15) is 0 Å². The second kappa shape index (κ2) is 12.1. The first kappa shape index (κ1) is 26.6. The molecular formula is C26H35N3O6. The molecule has 2 aromatic rings. The summed E-state index contributed by atoms with van der Waals surface area (Å²) in [5.41, 5.74) is 5.80. The molecule has 0 radical (unpaired) electrons. The van der Waals surface area contributed by atoms with Gasteiger partial charge in [-0.25, -0.2) is 9.59 Å². The molecule has 4 atom stereocenters. The van der Waals surface area contributed by atoms with E-state index in [2.05, 4.69) is 77.6 Å². The molecule has 5 N–H and O–H groups in total. The number of aliphatic hydroxyl groups is 2. The van der Waals surface area contributed by atoms with Crippen LogP contribution in [0.4, 0.5) is 5.69 Å². The lowest BCUT2D eigenvalue weighted by Gasteiger charge is -2.35. The van der Waals surface area contributed by atoms with E-state index in [1.165, 1.54) is 22.4 Å². The lowest BCUT2D eigenvalue weighted by Crippen LogP contribution is -2.44. The number of carboxylic acids is 2. The van der Waals surface area contributed by atoms with Crippen molar-refractivity contribution < 1.29 is 30.0 Å². The molecule has 190 valence electrons. The number of rotatable bonds is 5. The van der Waals surface area contributed by atoms with Gasteiger partial charge in [0.05, 0.1) is 0 Å². The number of likely N-dealkylation sites (N-methyl/N-ethyl adjacent to an activating group) is 1. The van der Waals surface area contributed by atoms with Gasteiger partial charge in [0.15, 0.2) is 12.2 Å². The third-order valence-corrected chi connectivity index (χ3v) is 6.67. The molecule has 0 aliphatic carbocycles. The number of carboxylic acid groups (broad SMARTS) is 2. The molecule has 0 saturated carbocycles. The molecule has 4 rings (SSSR count). The summed E-state index contributed by atoms with van der Waals surface area (Å²) in [4.78, 5) is 24.5. The van der Waals surface area contributed by atoms with Crippen LogP contribution in [0.3, 0.4) is 0 Å². The van der Waals surface area contributed by atoms with Crippen molar-refractivity contribution in [3.8, 4) is 0 Å². The number of piperazine rings is 1. The summed E-state index contributed by atoms with van der Waals surface area (Å²) in [7, 11) is 2.21. The summed E-state index contributed by atoms with van der Waals surface area (Å²) in [6.07, 6.45) is -3.37. The van der Waals surface area contributed by atoms with Gasteiger partial charge in [0, 0.05) is 43.8 Å². The first-order chi connectivity index (χ1) is 16.7. The summed E-state index contributed by atoms with van der Waals surface area (Å²) in [5, 5.41) is 36.2. The van der Waals surface area contributed by atoms with Crippen molar-refractivity contribution >= 4 is 17.6 Å². The summed E-state index contributed by atoms with van der Waals surface area (Å²) in [6.45, 7) is 7.92. The maximum Gasteiger partial charge on any atom is 0.335 e. The number of fused-ring (bicyclic) bond motifs is 1. The van der Waals surface area contributed by atoms with Crippen molar-refractivity contribution in [2.24, 2.45) is 0 Å². The number of nitrogens with zero attached hydrogens (tertiary/aromatic N) is 2. The van der Waals surface area contributed by atoms with Crippen molar-refractivity contribution in [1.82, 2.24) is 10.2 Å². The van der Waals surface area contributed by atoms with E-state index in [0.717, 1.165) is 39.1 Å². The summed E-state index contributed by atoms with van der Waals surface area (Å²) >= 11 is 0. The van der Waals surface area contributed by atoms with Gasteiger partial charge in [-0.15, -0.1) is 0 Å². The second-order valence-corrected chi connectivity index (χ2v) is 9.10. The fraction of sp³-hybridized carbons (Fsp3) is 0.462. The molecule has 0 aromatic heterocycles. The third kappa shape index (κ3) is 6.79. The smallest absolute Gasteiger partial charge is 0.335 e. The van der Waals surface area contributed by atoms with E-state index in [4.69, 9.17) is 20.4 Å². The number of aliphatic carboxylic acids is 2. The molecule has 1 fully saturated rings. The van der Waals surface area contributed by atoms with E-state index in [0.29, 0.717) is 12.0 Å². The Kier molecular flexibility index (Phi) is 9.22. The van der Waals surface area contributed by atoms with Gasteiger partial charge in [-0.05, 0) is 55.8 Å². The highest BCUT2D eigenvalue weighted by molar-refractivity contribution is 5.83. The predicted molar refractivity (Wildman–Crippen MR) is 133 cm³/mol. The monoisotopic (exact) mass is 485 g/mol. The van der Waals surface area contributed by atoms with Gasteiger partial charge in [0.25, 0.3) is 0 Å². The Labute approximate surface area is 205 Å². The van der Waals surface area contributed by atoms with Gasteiger partial charge >= 0.3 is 11.9 Å². The largest absolute Gasteiger partial charge is 0.479 e. The second-order valence-electron chi connectivity index (χ2n) is 9.10. The fourth-order valence-corrected chi connectivity index (χ4v) is 4.53. The van der Waals surface area contributed by atoms with E-state index >= 15 is 0 Å². The van der Waals surface area contributed by atoms with Gasteiger partial charge in [-0.1, -0.05) is 36.4 Å². The van der Waals surface area contributed by atoms with Crippen LogP contribution in [0, 0.1) is 0 Å². The van der Waals surface area contributed by atoms with Crippen molar-refractivity contribution in [2.75, 3.05) is 44.7 Å². The van der Waals surface area contributed by atoms with Crippen LogP contribution in [0.2, 0.25) is 0 Å². The number of anilines is 1. The van der Waals surface area contributed by atoms with Crippen molar-refractivity contribution in [3.63, 3.8) is 0 Å². The molecule has 2 unspecified atom stereocenters. The molecule has 35 heavy (non-hydrogen) atoms. The Bertz CT molecular complexity index is 976. The minimum atomic E-state index is -2.27. The Balaban J connectivity index is 0.000000292. The molecule has 2 aliphatic rings. The first-order valence-electron chi connectivity index (χ1n) is 11.9. The standard InChI is InChI=1S/C22H29N3.C4H6O6/c1-17-22-16-19(25-14-12-24(2)13-15-25)8-9-21(22)20(10-11-23-17)18-6-4-3-5-7-18;5-1(3(7)8)2(6)4(9)10/h3-9,16-17,20,23H,10-15H2,1-2H3;1-2,5-6H,(H,7,8)(H,9,10)/t;1-,2-/m.1/s1. The highest BCUT2D eigenvalue weighted by atomic mass is 16.4. The zero-order valence-corrected chi connectivity index (χ0v) is 20.2. The van der Waals surface area contributed by atoms with Crippen LogP contribution in [-0.4, -0.2) is 89.2 Å². The molecule has 2 aromatic carbocycles. The molecule has 0 amide bonds. The number of aliphatic hydroxyl groups excluding tert-OH is 2. The SMILES string of the molecule is CC1NCCC(c2ccccc2)c2ccc(N3CCN(C)CC3)cc21.O=C(O)[C@H](O)[C@@H](O)C(=O)O. The molecule has 2 heterocycles. The minimum Gasteiger partial charge on any atom is -0.479 e. The molecule has 1 saturated heterocycles. The van der Waals surface area contributed by atoms with E-state index in [-0.39, 0.29) is 0 Å². The van der Waals surface area contributed by atoms with Crippen molar-refractivity contribution in [3.05, 3.63) is 65.2 Å². The summed E-state index contributed by atoms with van der Waals surface area (Å²) < 4.78 is 0. The Morgan fingerprint density at radius 3 is 2.09 bits per heavy atom. The van der Waals surface area contributed by atoms with Gasteiger partial charge in [-0.2, -0.15) is 0 Å². The fourth-order valence-electron chi connectivity index (χ4n) is 4.53. The zero-order valence-electron chi connectivity index (χ0n) is 20.2. The van der Waals surface area contributed by atoms with E-state index in [1.807, 2.05) is 0 Å². The quantitative estimate of drug-likeness (QED) is 0.427. The molecular weight excluding hydrogens is 450 g/mol. The number of hydrogen-bond acceptors (Lipinski definition) is 7. The molecule has 9 nitrogen and oxygen atoms in total. The van der Waals surface area contributed by atoms with Crippen molar-refractivity contribution in [1.29, 1.82) is 0 Å². The summed E-state index contributed by atoms with van der Waals surface area (Å²) in [5.74, 6) is -3.04. The maximum absolute atomic E-state index is 9.77. The average Bonchev–Trinajstić information content (AvgIpc) is 3.02. The van der Waals surface area contributed by atoms with E-state index in [9.17, 15) is 9.59 Å². The molecule has 9 heteroatoms. The van der Waals surface area contributed by atoms with Crippen molar-refractivity contribution in [2.45, 2.75) is 37.5 Å². The Morgan fingerprint density at radius 1 is 0.914 bits per heavy atom. The van der Waals surface area contributed by atoms with Crippen LogP contribution in [-0.2, 0) is 9.59 Å². The van der Waals surface area contributed by atoms with Crippen LogP contribution in [0.5, 0.6) is 0 Å². The van der Waals surface area contributed by atoms with Crippen LogP contribution in [0.25, 0.3) is 0 Å². The molecule has 0 bridgehead atoms. The normalized spacial score (nSPS) is 22.1. The van der Waals surface area contributed by atoms with Gasteiger partial charge in [0.2, 0.25) is 0 Å². The van der Waals surface area contributed by atoms with Crippen LogP contribution in [0.1, 0.15) is 42.0 Å². The van der Waals surface area contributed by atoms with Crippen LogP contribution >= 0.6 is 0 Å². The lowest BCUT2D eigenvalue weighted by atomic mass is 9.85. The predicted octanol–water partition coefficient (Wildman–Crippen LogP) is 1.50. The number of benzene rings is 2. The highest BCUT2D eigenvalue weighted by Gasteiger charge is 2.29. The lowest BCUT2D eigenvalue weighted by molar-refractivity contribution is -0.165. The topological polar surface area (TPSA) is 134 Å². The zero-order chi connectivity index (χ0) is 25.5.